The Morgan fingerprint density at radius 3 is 2.21 bits per heavy atom. The van der Waals surface area contributed by atoms with Gasteiger partial charge in [-0.05, 0) is 0 Å². The highest BCUT2D eigenvalue weighted by molar-refractivity contribution is 7.45. The van der Waals surface area contributed by atoms with Crippen molar-refractivity contribution < 1.29 is 19.2 Å². The number of anilines is 1. The van der Waals surface area contributed by atoms with Crippen LogP contribution in [0.15, 0.2) is 31.5 Å². The average Bonchev–Trinajstić information content (AvgIpc) is 3.15. The van der Waals surface area contributed by atoms with E-state index in [2.05, 4.69) is 39.9 Å². The Morgan fingerprint density at radius 2 is 1.54 bits per heavy atom. The Balaban J connectivity index is 0.000000139. The van der Waals surface area contributed by atoms with E-state index in [4.69, 9.17) is 25.0 Å². The fraction of sp³-hybridized carbons (Fsp3) is 0. The van der Waals surface area contributed by atoms with Gasteiger partial charge in [-0.15, -0.1) is 0 Å². The standard InChI is InChI=1S/C5H5N5.C5H4N4.H3O4P/c6-4-3-5(9-1-7-3)10-2-8-4;1-4-5(8-2-6-1)9-3-7-4;1-5(2,3)4/h1-2H,(H3,6,7,8,9,10);1-3H,(H,6,7,8,9);(H3,1,2,3,4). The first kappa shape index (κ1) is 17.4. The predicted octanol–water partition coefficient (Wildman–Crippen LogP) is -0.641. The van der Waals surface area contributed by atoms with Gasteiger partial charge in [0.1, 0.15) is 23.7 Å². The number of phosphoric acid groups is 1. The van der Waals surface area contributed by atoms with Crippen LogP contribution in [0.4, 0.5) is 5.82 Å². The Bertz CT molecular complexity index is 926. The van der Waals surface area contributed by atoms with Crippen molar-refractivity contribution in [3.8, 4) is 0 Å². The van der Waals surface area contributed by atoms with E-state index >= 15 is 0 Å². The van der Waals surface area contributed by atoms with Gasteiger partial charge in [0, 0.05) is 0 Å². The van der Waals surface area contributed by atoms with Gasteiger partial charge in [-0.2, -0.15) is 0 Å². The zero-order chi connectivity index (χ0) is 17.6. The molecule has 0 saturated heterocycles. The number of nitrogen functional groups attached to an aromatic ring is 1. The summed E-state index contributed by atoms with van der Waals surface area (Å²) >= 11 is 0. The van der Waals surface area contributed by atoms with Crippen LogP contribution in [0.3, 0.4) is 0 Å². The summed E-state index contributed by atoms with van der Waals surface area (Å²) in [6.45, 7) is 0. The highest BCUT2D eigenvalue weighted by Gasteiger charge is 2.00. The van der Waals surface area contributed by atoms with Crippen LogP contribution in [0.1, 0.15) is 0 Å². The van der Waals surface area contributed by atoms with E-state index in [0.717, 1.165) is 5.52 Å². The first-order valence-electron chi connectivity index (χ1n) is 6.11. The molecule has 14 heteroatoms. The molecule has 24 heavy (non-hydrogen) atoms. The van der Waals surface area contributed by atoms with Crippen molar-refractivity contribution in [2.75, 3.05) is 5.73 Å². The normalized spacial score (nSPS) is 10.6. The third kappa shape index (κ3) is 5.33. The third-order valence-corrected chi connectivity index (χ3v) is 2.35. The quantitative estimate of drug-likeness (QED) is 0.219. The highest BCUT2D eigenvalue weighted by atomic mass is 31.2. The number of fused-ring (bicyclic) bond motifs is 2. The maximum atomic E-state index is 8.88. The summed E-state index contributed by atoms with van der Waals surface area (Å²) in [5.74, 6) is 0.433. The van der Waals surface area contributed by atoms with Crippen LogP contribution in [-0.4, -0.2) is 54.6 Å². The molecule has 0 aliphatic rings. The number of imidazole rings is 2. The Morgan fingerprint density at radius 1 is 0.917 bits per heavy atom. The largest absolute Gasteiger partial charge is 0.466 e. The minimum atomic E-state index is -4.64. The fourth-order valence-corrected chi connectivity index (χ4v) is 1.47. The smallest absolute Gasteiger partial charge is 0.382 e. The molecule has 0 radical (unpaired) electrons. The van der Waals surface area contributed by atoms with E-state index < -0.39 is 7.82 Å². The second kappa shape index (κ2) is 7.52. The molecule has 4 aromatic heterocycles. The Hall–Kier alpha value is -2.99. The van der Waals surface area contributed by atoms with E-state index in [1.54, 1.807) is 12.5 Å². The van der Waals surface area contributed by atoms with Gasteiger partial charge in [-0.1, -0.05) is 0 Å². The molecule has 0 spiro atoms. The third-order valence-electron chi connectivity index (χ3n) is 2.35. The fourth-order valence-electron chi connectivity index (χ4n) is 1.47. The molecule has 0 aromatic carbocycles. The Labute approximate surface area is 133 Å². The van der Waals surface area contributed by atoms with Gasteiger partial charge in [-0.3, -0.25) is 0 Å². The van der Waals surface area contributed by atoms with Crippen molar-refractivity contribution >= 4 is 36.0 Å². The molecule has 0 amide bonds. The lowest BCUT2D eigenvalue weighted by atomic mass is 10.5. The number of H-pyrrole nitrogens is 2. The van der Waals surface area contributed by atoms with Crippen molar-refractivity contribution in [3.05, 3.63) is 31.5 Å². The number of nitrogens with zero attached hydrogens (tertiary/aromatic N) is 6. The lowest BCUT2D eigenvalue weighted by Gasteiger charge is -1.89. The topological polar surface area (TPSA) is 213 Å². The minimum absolute atomic E-state index is 0.433. The van der Waals surface area contributed by atoms with Crippen LogP contribution >= 0.6 is 7.82 Å². The number of aromatic nitrogens is 8. The maximum Gasteiger partial charge on any atom is 0.466 e. The number of hydrogen-bond acceptors (Lipinski definition) is 8. The van der Waals surface area contributed by atoms with E-state index in [-0.39, 0.29) is 0 Å². The van der Waals surface area contributed by atoms with E-state index in [9.17, 15) is 0 Å². The van der Waals surface area contributed by atoms with Gasteiger partial charge in [0.25, 0.3) is 0 Å². The molecule has 0 atom stereocenters. The second-order valence-electron chi connectivity index (χ2n) is 4.04. The molecule has 0 fully saturated rings. The van der Waals surface area contributed by atoms with Crippen molar-refractivity contribution in [2.24, 2.45) is 0 Å². The van der Waals surface area contributed by atoms with Crippen molar-refractivity contribution in [1.82, 2.24) is 39.9 Å². The van der Waals surface area contributed by atoms with Crippen LogP contribution in [-0.2, 0) is 4.57 Å². The zero-order valence-corrected chi connectivity index (χ0v) is 12.7. The molecule has 4 rings (SSSR count). The first-order chi connectivity index (χ1) is 11.3. The summed E-state index contributed by atoms with van der Waals surface area (Å²) in [4.78, 5) is 50.4. The van der Waals surface area contributed by atoms with Crippen LogP contribution in [0.5, 0.6) is 0 Å². The molecule has 4 aromatic rings. The predicted molar refractivity (Wildman–Crippen MR) is 82.0 cm³/mol. The average molecular weight is 353 g/mol. The molecule has 0 bridgehead atoms. The number of nitrogens with one attached hydrogen (secondary N) is 2. The van der Waals surface area contributed by atoms with Crippen LogP contribution in [0.25, 0.3) is 22.3 Å². The van der Waals surface area contributed by atoms with E-state index in [0.29, 0.717) is 22.6 Å². The molecule has 4 heterocycles. The molecular formula is C10H12N9O4P. The minimum Gasteiger partial charge on any atom is -0.382 e. The summed E-state index contributed by atoms with van der Waals surface area (Å²) in [6, 6.07) is 0. The van der Waals surface area contributed by atoms with Crippen LogP contribution in [0, 0.1) is 0 Å². The zero-order valence-electron chi connectivity index (χ0n) is 11.8. The molecule has 0 aliphatic heterocycles. The lowest BCUT2D eigenvalue weighted by molar-refractivity contribution is 0.275. The molecule has 7 N–H and O–H groups in total. The van der Waals surface area contributed by atoms with Gasteiger partial charge in [0.2, 0.25) is 0 Å². The number of rotatable bonds is 0. The number of nitrogens with two attached hydrogens (primary N) is 1. The molecule has 0 saturated carbocycles. The van der Waals surface area contributed by atoms with Gasteiger partial charge >= 0.3 is 7.82 Å². The van der Waals surface area contributed by atoms with E-state index in [1.807, 2.05) is 0 Å². The van der Waals surface area contributed by atoms with Crippen LogP contribution < -0.4 is 5.73 Å². The second-order valence-corrected chi connectivity index (χ2v) is 5.06. The molecule has 0 unspecified atom stereocenters. The Kier molecular flexibility index (Phi) is 5.44. The molecule has 126 valence electrons. The van der Waals surface area contributed by atoms with Crippen molar-refractivity contribution in [2.45, 2.75) is 0 Å². The summed E-state index contributed by atoms with van der Waals surface area (Å²) < 4.78 is 8.88. The summed E-state index contributed by atoms with van der Waals surface area (Å²) in [5.41, 5.74) is 8.36. The van der Waals surface area contributed by atoms with Gasteiger partial charge in [0.15, 0.2) is 17.1 Å². The van der Waals surface area contributed by atoms with Crippen LogP contribution in [0.2, 0.25) is 0 Å². The molecule has 0 aliphatic carbocycles. The van der Waals surface area contributed by atoms with Crippen molar-refractivity contribution in [3.63, 3.8) is 0 Å². The van der Waals surface area contributed by atoms with Gasteiger partial charge in [0.05, 0.1) is 18.9 Å². The highest BCUT2D eigenvalue weighted by Crippen LogP contribution is 2.25. The number of hydrogen-bond donors (Lipinski definition) is 6. The maximum absolute atomic E-state index is 8.88. The van der Waals surface area contributed by atoms with Crippen molar-refractivity contribution in [1.29, 1.82) is 0 Å². The molecule has 13 nitrogen and oxygen atoms in total. The summed E-state index contributed by atoms with van der Waals surface area (Å²) in [7, 11) is -4.64. The molecular weight excluding hydrogens is 341 g/mol. The first-order valence-corrected chi connectivity index (χ1v) is 7.68. The number of aromatic amines is 2. The van der Waals surface area contributed by atoms with Gasteiger partial charge < -0.3 is 30.4 Å². The lowest BCUT2D eigenvalue weighted by Crippen LogP contribution is -1.91. The van der Waals surface area contributed by atoms with E-state index in [1.165, 1.54) is 19.0 Å². The summed E-state index contributed by atoms with van der Waals surface area (Å²) in [5, 5.41) is 0. The van der Waals surface area contributed by atoms with Gasteiger partial charge in [-0.25, -0.2) is 34.5 Å². The summed E-state index contributed by atoms with van der Waals surface area (Å²) in [6.07, 6.45) is 7.69. The SMILES string of the molecule is Nc1ncnc2nc[nH]c12.O=P(O)(O)O.c1ncc2[nH]cnc2n1. The monoisotopic (exact) mass is 353 g/mol.